The summed E-state index contributed by atoms with van der Waals surface area (Å²) in [5.74, 6) is 0. The van der Waals surface area contributed by atoms with Gasteiger partial charge in [0.1, 0.15) is 0 Å². The van der Waals surface area contributed by atoms with Crippen molar-refractivity contribution in [3.05, 3.63) is 35.4 Å². The highest BCUT2D eigenvalue weighted by Crippen LogP contribution is 2.29. The van der Waals surface area contributed by atoms with Crippen LogP contribution in [0.1, 0.15) is 11.3 Å². The first-order valence-electron chi connectivity index (χ1n) is 3.90. The van der Waals surface area contributed by atoms with Gasteiger partial charge in [-0.25, -0.2) is 0 Å². The maximum Gasteiger partial charge on any atom is 0.0721 e. The minimum atomic E-state index is 0.952. The molecule has 3 N–H and O–H groups in total. The van der Waals surface area contributed by atoms with Gasteiger partial charge in [0.25, 0.3) is 0 Å². The second-order valence-corrected chi connectivity index (χ2v) is 2.92. The van der Waals surface area contributed by atoms with Crippen molar-refractivity contribution in [2.24, 2.45) is 0 Å². The van der Waals surface area contributed by atoms with Crippen LogP contribution in [0.15, 0.2) is 24.2 Å². The van der Waals surface area contributed by atoms with E-state index in [1.807, 2.05) is 12.4 Å². The van der Waals surface area contributed by atoms with E-state index in [0.717, 1.165) is 17.8 Å². The van der Waals surface area contributed by atoms with Crippen molar-refractivity contribution in [1.29, 1.82) is 0 Å². The van der Waals surface area contributed by atoms with Gasteiger partial charge in [0.05, 0.1) is 17.6 Å². The van der Waals surface area contributed by atoms with Crippen molar-refractivity contribution < 1.29 is 0 Å². The number of H-pyrrole nitrogens is 1. The van der Waals surface area contributed by atoms with Crippen molar-refractivity contribution in [3.63, 3.8) is 0 Å². The van der Waals surface area contributed by atoms with Crippen LogP contribution in [0.4, 0.5) is 0 Å². The van der Waals surface area contributed by atoms with E-state index in [-0.39, 0.29) is 0 Å². The van der Waals surface area contributed by atoms with Gasteiger partial charge in [-0.2, -0.15) is 5.10 Å². The van der Waals surface area contributed by atoms with E-state index in [1.165, 1.54) is 11.1 Å². The molecule has 0 aromatic carbocycles. The summed E-state index contributed by atoms with van der Waals surface area (Å²) in [5, 5.41) is 7.00. The molecule has 1 aliphatic heterocycles. The second-order valence-electron chi connectivity index (χ2n) is 2.92. The van der Waals surface area contributed by atoms with Crippen LogP contribution in [0, 0.1) is 0 Å². The van der Waals surface area contributed by atoms with Crippen LogP contribution >= 0.6 is 0 Å². The number of rotatable bonds is 0. The van der Waals surface area contributed by atoms with Gasteiger partial charge in [-0.05, 0) is 6.42 Å². The highest BCUT2D eigenvalue weighted by Gasteiger charge is 2.21. The number of hydrogen-bond donors (Lipinski definition) is 3. The maximum absolute atomic E-state index is 4.01. The van der Waals surface area contributed by atoms with Crippen LogP contribution in [0.3, 0.4) is 0 Å². The molecular formula is C8H8N4. The van der Waals surface area contributed by atoms with Gasteiger partial charge < -0.3 is 10.9 Å². The third kappa shape index (κ3) is 0.592. The molecule has 1 aromatic heterocycles. The summed E-state index contributed by atoms with van der Waals surface area (Å²) in [6.07, 6.45) is 6.93. The first-order valence-corrected chi connectivity index (χ1v) is 3.90. The third-order valence-corrected chi connectivity index (χ3v) is 2.23. The van der Waals surface area contributed by atoms with Crippen molar-refractivity contribution in [1.82, 2.24) is 21.0 Å². The number of allylic oxidation sites excluding steroid dienone is 2. The molecule has 0 saturated carbocycles. The molecule has 12 heavy (non-hydrogen) atoms. The van der Waals surface area contributed by atoms with E-state index in [2.05, 4.69) is 27.1 Å². The van der Waals surface area contributed by atoms with E-state index in [9.17, 15) is 0 Å². The summed E-state index contributed by atoms with van der Waals surface area (Å²) in [6, 6.07) is 0. The molecule has 0 fully saturated rings. The number of hydrogen-bond acceptors (Lipinski definition) is 3. The molecule has 3 rings (SSSR count). The van der Waals surface area contributed by atoms with Gasteiger partial charge in [-0.15, -0.1) is 0 Å². The number of nitrogens with one attached hydrogen (secondary N) is 3. The van der Waals surface area contributed by atoms with E-state index in [4.69, 9.17) is 0 Å². The molecule has 0 atom stereocenters. The molecule has 0 bridgehead atoms. The average Bonchev–Trinajstić information content (AvgIpc) is 2.71. The van der Waals surface area contributed by atoms with Crippen LogP contribution in [-0.4, -0.2) is 10.2 Å². The maximum atomic E-state index is 4.01. The summed E-state index contributed by atoms with van der Waals surface area (Å²) in [4.78, 5) is 0. The Balaban J connectivity index is 2.23. The Hall–Kier alpha value is -1.71. The fourth-order valence-corrected chi connectivity index (χ4v) is 1.61. The van der Waals surface area contributed by atoms with Crippen LogP contribution < -0.4 is 10.9 Å². The quantitative estimate of drug-likeness (QED) is 0.511. The molecule has 2 aliphatic rings. The Bertz CT molecular complexity index is 386. The lowest BCUT2D eigenvalue weighted by Crippen LogP contribution is -2.19. The molecule has 1 aromatic rings. The molecule has 0 amide bonds. The third-order valence-electron chi connectivity index (χ3n) is 2.23. The predicted octanol–water partition coefficient (Wildman–Crippen LogP) is 0.298. The summed E-state index contributed by atoms with van der Waals surface area (Å²) in [5.41, 5.74) is 10.7. The Kier molecular flexibility index (Phi) is 0.935. The van der Waals surface area contributed by atoms with Crippen molar-refractivity contribution in [2.45, 2.75) is 6.42 Å². The molecule has 0 saturated heterocycles. The zero-order valence-corrected chi connectivity index (χ0v) is 6.39. The predicted molar refractivity (Wildman–Crippen MR) is 44.6 cm³/mol. The largest absolute Gasteiger partial charge is 0.307 e. The first kappa shape index (κ1) is 5.88. The van der Waals surface area contributed by atoms with Crippen molar-refractivity contribution in [2.75, 3.05) is 0 Å². The van der Waals surface area contributed by atoms with E-state index < -0.39 is 0 Å². The lowest BCUT2D eigenvalue weighted by molar-refractivity contribution is 0.782. The molecule has 0 unspecified atom stereocenters. The molecule has 2 heterocycles. The molecule has 1 aliphatic carbocycles. The summed E-state index contributed by atoms with van der Waals surface area (Å²) in [7, 11) is 0. The van der Waals surface area contributed by atoms with Gasteiger partial charge in [-0.3, -0.25) is 5.10 Å². The van der Waals surface area contributed by atoms with Crippen LogP contribution in [0.2, 0.25) is 0 Å². The molecule has 60 valence electrons. The van der Waals surface area contributed by atoms with Crippen LogP contribution in [-0.2, 0) is 6.42 Å². The number of aromatic amines is 1. The zero-order valence-electron chi connectivity index (χ0n) is 6.39. The standard InChI is InChI=1S/C8H8N4/c1-2-7-6(4-10-11-7)8-5(1)3-9-12-8/h2-4,10-11H,1H2,(H,9,12). The molecule has 0 radical (unpaired) electrons. The Morgan fingerprint density at radius 1 is 1.42 bits per heavy atom. The molecule has 4 heteroatoms. The monoisotopic (exact) mass is 160 g/mol. The fourth-order valence-electron chi connectivity index (χ4n) is 1.61. The summed E-state index contributed by atoms with van der Waals surface area (Å²) in [6.45, 7) is 0. The van der Waals surface area contributed by atoms with E-state index in [1.54, 1.807) is 0 Å². The summed E-state index contributed by atoms with van der Waals surface area (Å²) >= 11 is 0. The number of hydrazine groups is 1. The lowest BCUT2D eigenvalue weighted by atomic mass is 9.99. The lowest BCUT2D eigenvalue weighted by Gasteiger charge is -2.10. The Morgan fingerprint density at radius 3 is 3.42 bits per heavy atom. The highest BCUT2D eigenvalue weighted by atomic mass is 15.4. The first-order chi connectivity index (χ1) is 5.95. The van der Waals surface area contributed by atoms with E-state index in [0.29, 0.717) is 0 Å². The fraction of sp³-hybridized carbons (Fsp3) is 0.125. The van der Waals surface area contributed by atoms with Crippen LogP contribution in [0.25, 0.3) is 5.57 Å². The number of fused-ring (bicyclic) bond motifs is 3. The van der Waals surface area contributed by atoms with Crippen LogP contribution in [0.5, 0.6) is 0 Å². The van der Waals surface area contributed by atoms with Gasteiger partial charge in [0, 0.05) is 17.3 Å². The Morgan fingerprint density at radius 2 is 2.42 bits per heavy atom. The normalized spacial score (nSPS) is 18.3. The average molecular weight is 160 g/mol. The van der Waals surface area contributed by atoms with Crippen molar-refractivity contribution in [3.8, 4) is 0 Å². The highest BCUT2D eigenvalue weighted by molar-refractivity contribution is 5.81. The van der Waals surface area contributed by atoms with Gasteiger partial charge in [-0.1, -0.05) is 6.08 Å². The van der Waals surface area contributed by atoms with Gasteiger partial charge in [0.2, 0.25) is 0 Å². The second kappa shape index (κ2) is 1.91. The Labute approximate surface area is 69.3 Å². The van der Waals surface area contributed by atoms with Gasteiger partial charge in [0.15, 0.2) is 0 Å². The van der Waals surface area contributed by atoms with Gasteiger partial charge >= 0.3 is 0 Å². The molecule has 0 spiro atoms. The van der Waals surface area contributed by atoms with E-state index >= 15 is 0 Å². The number of aromatic nitrogens is 2. The minimum absolute atomic E-state index is 0.952. The SMILES string of the molecule is C1=C2NNC=C2c2[nH]ncc2C1. The number of nitrogens with zero attached hydrogens (tertiary/aromatic N) is 1. The smallest absolute Gasteiger partial charge is 0.0721 e. The minimum Gasteiger partial charge on any atom is -0.307 e. The summed E-state index contributed by atoms with van der Waals surface area (Å²) < 4.78 is 0. The zero-order chi connectivity index (χ0) is 7.97. The molecular weight excluding hydrogens is 152 g/mol. The topological polar surface area (TPSA) is 52.7 Å². The van der Waals surface area contributed by atoms with Crippen molar-refractivity contribution >= 4 is 5.57 Å². The molecule has 4 nitrogen and oxygen atoms in total.